The molecule has 3 aromatic rings. The SMILES string of the molecule is [2H]C([2H])([2H])N(c1cncnc1)c1cc(F)cc(NC(=O)c2cc(Cl)ccn2)c1. The summed E-state index contributed by atoms with van der Waals surface area (Å²) in [6.45, 7) is -2.64. The van der Waals surface area contributed by atoms with Crippen LogP contribution in [0.25, 0.3) is 0 Å². The monoisotopic (exact) mass is 360 g/mol. The van der Waals surface area contributed by atoms with E-state index in [2.05, 4.69) is 20.3 Å². The maximum atomic E-state index is 14.2. The molecule has 2 aromatic heterocycles. The molecule has 0 aliphatic heterocycles. The maximum absolute atomic E-state index is 14.2. The highest BCUT2D eigenvalue weighted by Crippen LogP contribution is 2.26. The van der Waals surface area contributed by atoms with E-state index in [1.165, 1.54) is 43.1 Å². The Balaban J connectivity index is 1.97. The van der Waals surface area contributed by atoms with Crippen molar-refractivity contribution in [3.05, 3.63) is 71.8 Å². The van der Waals surface area contributed by atoms with E-state index in [0.717, 1.165) is 17.0 Å². The van der Waals surface area contributed by atoms with Crippen LogP contribution >= 0.6 is 11.6 Å². The average Bonchev–Trinajstić information content (AvgIpc) is 2.61. The summed E-state index contributed by atoms with van der Waals surface area (Å²) in [4.78, 5) is 24.7. The summed E-state index contributed by atoms with van der Waals surface area (Å²) in [5.41, 5.74) is 0.210. The third kappa shape index (κ3) is 4.07. The molecule has 1 amide bonds. The minimum atomic E-state index is -2.64. The molecule has 126 valence electrons. The van der Waals surface area contributed by atoms with Gasteiger partial charge in [-0.25, -0.2) is 14.4 Å². The molecule has 0 saturated carbocycles. The predicted octanol–water partition coefficient (Wildman–Crippen LogP) is 3.68. The second-order valence-electron chi connectivity index (χ2n) is 4.94. The van der Waals surface area contributed by atoms with E-state index in [4.69, 9.17) is 15.7 Å². The maximum Gasteiger partial charge on any atom is 0.274 e. The third-order valence-corrected chi connectivity index (χ3v) is 3.39. The Kier molecular flexibility index (Phi) is 3.83. The molecule has 8 heteroatoms. The highest BCUT2D eigenvalue weighted by molar-refractivity contribution is 6.30. The number of carbonyl (C=O) groups is 1. The number of nitrogens with one attached hydrogen (secondary N) is 1. The highest BCUT2D eigenvalue weighted by atomic mass is 35.5. The molecule has 6 nitrogen and oxygen atoms in total. The molecule has 0 aliphatic carbocycles. The zero-order chi connectivity index (χ0) is 20.3. The van der Waals surface area contributed by atoms with Gasteiger partial charge in [-0.1, -0.05) is 11.6 Å². The summed E-state index contributed by atoms with van der Waals surface area (Å²) in [6.07, 6.45) is 5.19. The minimum absolute atomic E-state index is 0.0100. The van der Waals surface area contributed by atoms with Crippen LogP contribution < -0.4 is 10.2 Å². The van der Waals surface area contributed by atoms with E-state index in [9.17, 15) is 9.18 Å². The lowest BCUT2D eigenvalue weighted by Crippen LogP contribution is -2.15. The molecule has 3 rings (SSSR count). The number of halogens is 2. The largest absolute Gasteiger partial charge is 0.342 e. The minimum Gasteiger partial charge on any atom is -0.342 e. The lowest BCUT2D eigenvalue weighted by atomic mass is 10.2. The Bertz CT molecular complexity index is 1000. The normalized spacial score (nSPS) is 12.6. The molecule has 0 saturated heterocycles. The van der Waals surface area contributed by atoms with Gasteiger partial charge in [0.25, 0.3) is 5.91 Å². The van der Waals surface area contributed by atoms with E-state index < -0.39 is 18.7 Å². The number of carbonyl (C=O) groups excluding carboxylic acids is 1. The van der Waals surface area contributed by atoms with Gasteiger partial charge in [0.2, 0.25) is 0 Å². The Labute approximate surface area is 152 Å². The number of rotatable bonds is 4. The topological polar surface area (TPSA) is 71.0 Å². The predicted molar refractivity (Wildman–Crippen MR) is 93.7 cm³/mol. The fourth-order valence-electron chi connectivity index (χ4n) is 2.06. The molecule has 25 heavy (non-hydrogen) atoms. The van der Waals surface area contributed by atoms with E-state index in [1.54, 1.807) is 0 Å². The smallest absolute Gasteiger partial charge is 0.274 e. The summed E-state index contributed by atoms with van der Waals surface area (Å²) in [5.74, 6) is -1.36. The zero-order valence-corrected chi connectivity index (χ0v) is 13.4. The molecule has 0 aliphatic rings. The number of aromatic nitrogens is 3. The molecule has 0 fully saturated rings. The van der Waals surface area contributed by atoms with Crippen molar-refractivity contribution in [1.82, 2.24) is 15.0 Å². The third-order valence-electron chi connectivity index (χ3n) is 3.16. The Morgan fingerprint density at radius 2 is 2.04 bits per heavy atom. The van der Waals surface area contributed by atoms with Crippen molar-refractivity contribution in [3.63, 3.8) is 0 Å². The molecule has 0 bridgehead atoms. The van der Waals surface area contributed by atoms with E-state index in [1.807, 2.05) is 0 Å². The van der Waals surface area contributed by atoms with Gasteiger partial charge in [-0.3, -0.25) is 9.78 Å². The number of benzene rings is 1. The van der Waals surface area contributed by atoms with Crippen LogP contribution in [0.4, 0.5) is 21.5 Å². The Morgan fingerprint density at radius 3 is 2.76 bits per heavy atom. The van der Waals surface area contributed by atoms with Crippen LogP contribution in [-0.4, -0.2) is 27.8 Å². The van der Waals surface area contributed by atoms with Gasteiger partial charge in [-0.15, -0.1) is 0 Å². The van der Waals surface area contributed by atoms with Crippen molar-refractivity contribution < 1.29 is 13.3 Å². The summed E-state index contributed by atoms with van der Waals surface area (Å²) in [6, 6.07) is 6.28. The van der Waals surface area contributed by atoms with Gasteiger partial charge >= 0.3 is 0 Å². The van der Waals surface area contributed by atoms with Gasteiger partial charge in [0.05, 0.1) is 18.1 Å². The van der Waals surface area contributed by atoms with Crippen molar-refractivity contribution in [2.24, 2.45) is 0 Å². The van der Waals surface area contributed by atoms with E-state index >= 15 is 0 Å². The van der Waals surface area contributed by atoms with Crippen LogP contribution in [0.15, 0.2) is 55.2 Å². The second-order valence-corrected chi connectivity index (χ2v) is 5.38. The van der Waals surface area contributed by atoms with Gasteiger partial charge in [0, 0.05) is 33.7 Å². The first-order valence-corrected chi connectivity index (χ1v) is 7.40. The number of pyridine rings is 1. The van der Waals surface area contributed by atoms with Crippen molar-refractivity contribution in [1.29, 1.82) is 0 Å². The van der Waals surface area contributed by atoms with Crippen molar-refractivity contribution in [3.8, 4) is 0 Å². The molecule has 0 spiro atoms. The molecule has 1 aromatic carbocycles. The molecule has 0 unspecified atom stereocenters. The first-order chi connectivity index (χ1) is 13.2. The van der Waals surface area contributed by atoms with Gasteiger partial charge in [0.15, 0.2) is 0 Å². The molecular formula is C17H13ClFN5O. The molecular weight excluding hydrogens is 345 g/mol. The molecule has 0 atom stereocenters. The van der Waals surface area contributed by atoms with Crippen molar-refractivity contribution in [2.45, 2.75) is 0 Å². The molecule has 0 radical (unpaired) electrons. The summed E-state index contributed by atoms with van der Waals surface area (Å²) in [7, 11) is 0. The van der Waals surface area contributed by atoms with Crippen molar-refractivity contribution >= 4 is 34.6 Å². The number of amides is 1. The van der Waals surface area contributed by atoms with Crippen LogP contribution in [0, 0.1) is 5.82 Å². The number of hydrogen-bond donors (Lipinski definition) is 1. The van der Waals surface area contributed by atoms with Gasteiger partial charge in [0.1, 0.15) is 17.8 Å². The first-order valence-electron chi connectivity index (χ1n) is 8.53. The van der Waals surface area contributed by atoms with Crippen LogP contribution in [0.1, 0.15) is 14.6 Å². The molecule has 2 heterocycles. The van der Waals surface area contributed by atoms with E-state index in [-0.39, 0.29) is 22.8 Å². The van der Waals surface area contributed by atoms with Gasteiger partial charge in [-0.05, 0) is 30.3 Å². The Morgan fingerprint density at radius 1 is 1.24 bits per heavy atom. The van der Waals surface area contributed by atoms with Gasteiger partial charge < -0.3 is 10.2 Å². The standard InChI is InChI=1S/C17H13ClFN5O/c1-24(15-8-20-10-21-9-15)14-6-12(19)5-13(7-14)23-17(25)16-4-11(18)2-3-22-16/h2-10H,1H3,(H,23,25)/i1D3. The Hall–Kier alpha value is -3.06. The number of anilines is 3. The quantitative estimate of drug-likeness (QED) is 0.768. The first kappa shape index (κ1) is 13.3. The summed E-state index contributed by atoms with van der Waals surface area (Å²) >= 11 is 5.84. The fourth-order valence-corrected chi connectivity index (χ4v) is 2.21. The van der Waals surface area contributed by atoms with Crippen LogP contribution in [-0.2, 0) is 0 Å². The average molecular weight is 361 g/mol. The number of hydrogen-bond acceptors (Lipinski definition) is 5. The van der Waals surface area contributed by atoms with Gasteiger partial charge in [-0.2, -0.15) is 0 Å². The molecule has 1 N–H and O–H groups in total. The van der Waals surface area contributed by atoms with Crippen molar-refractivity contribution in [2.75, 3.05) is 17.2 Å². The van der Waals surface area contributed by atoms with Crippen LogP contribution in [0.5, 0.6) is 0 Å². The lowest BCUT2D eigenvalue weighted by Gasteiger charge is -2.19. The van der Waals surface area contributed by atoms with Crippen LogP contribution in [0.2, 0.25) is 5.02 Å². The highest BCUT2D eigenvalue weighted by Gasteiger charge is 2.12. The van der Waals surface area contributed by atoms with E-state index in [0.29, 0.717) is 5.02 Å². The second kappa shape index (κ2) is 7.23. The van der Waals surface area contributed by atoms with Crippen LogP contribution in [0.3, 0.4) is 0 Å². The summed E-state index contributed by atoms with van der Waals surface area (Å²) < 4.78 is 37.5. The number of nitrogens with zero attached hydrogens (tertiary/aromatic N) is 4. The summed E-state index contributed by atoms with van der Waals surface area (Å²) in [5, 5.41) is 2.80. The lowest BCUT2D eigenvalue weighted by molar-refractivity contribution is 0.102. The zero-order valence-electron chi connectivity index (χ0n) is 15.6. The fraction of sp³-hybridized carbons (Fsp3) is 0.0588.